The van der Waals surface area contributed by atoms with Gasteiger partial charge in [-0.15, -0.1) is 0 Å². The van der Waals surface area contributed by atoms with Crippen molar-refractivity contribution in [3.8, 4) is 0 Å². The first-order valence-corrected chi connectivity index (χ1v) is 6.03. The fourth-order valence-electron chi connectivity index (χ4n) is 1.79. The summed E-state index contributed by atoms with van der Waals surface area (Å²) in [6.07, 6.45) is 2.41. The highest BCUT2D eigenvalue weighted by molar-refractivity contribution is 9.10. The summed E-state index contributed by atoms with van der Waals surface area (Å²) in [5.74, 6) is 0.899. The van der Waals surface area contributed by atoms with Gasteiger partial charge in [-0.1, -0.05) is 46.3 Å². The van der Waals surface area contributed by atoms with Crippen molar-refractivity contribution in [1.29, 1.82) is 0 Å². The van der Waals surface area contributed by atoms with E-state index in [1.54, 1.807) is 0 Å². The Balaban J connectivity index is 1.74. The molecule has 1 aromatic rings. The summed E-state index contributed by atoms with van der Waals surface area (Å²) in [4.78, 5) is 4.47. The highest BCUT2D eigenvalue weighted by Gasteiger charge is 2.49. The van der Waals surface area contributed by atoms with Gasteiger partial charge in [-0.05, 0) is 18.4 Å². The van der Waals surface area contributed by atoms with Gasteiger partial charge in [0.05, 0.1) is 6.54 Å². The Hall–Kier alpha value is -0.830. The average Bonchev–Trinajstić information content (AvgIpc) is 2.85. The third kappa shape index (κ3) is 1.69. The van der Waals surface area contributed by atoms with Crippen molar-refractivity contribution < 1.29 is 4.74 Å². The van der Waals surface area contributed by atoms with Gasteiger partial charge in [0.15, 0.2) is 0 Å². The molecule has 15 heavy (non-hydrogen) atoms. The molecule has 0 aromatic heterocycles. The second-order valence-corrected chi connectivity index (χ2v) is 5.65. The highest BCUT2D eigenvalue weighted by atomic mass is 79.9. The smallest absolute Gasteiger partial charge is 0.201 e. The van der Waals surface area contributed by atoms with E-state index in [1.807, 2.05) is 18.2 Å². The zero-order valence-corrected chi connectivity index (χ0v) is 9.90. The maximum Gasteiger partial charge on any atom is 0.201 e. The van der Waals surface area contributed by atoms with Gasteiger partial charge < -0.3 is 4.74 Å². The fourth-order valence-corrected chi connectivity index (χ4v) is 2.20. The number of alkyl halides is 1. The number of halogens is 1. The van der Waals surface area contributed by atoms with Gasteiger partial charge in [-0.2, -0.15) is 0 Å². The van der Waals surface area contributed by atoms with Crippen LogP contribution in [0.2, 0.25) is 0 Å². The van der Waals surface area contributed by atoms with Gasteiger partial charge in [0, 0.05) is 0 Å². The summed E-state index contributed by atoms with van der Waals surface area (Å²) >= 11 is 3.66. The number of benzene rings is 1. The monoisotopic (exact) mass is 265 g/mol. The third-order valence-corrected chi connectivity index (χ3v) is 4.03. The van der Waals surface area contributed by atoms with Crippen LogP contribution in [0.1, 0.15) is 24.5 Å². The van der Waals surface area contributed by atoms with Gasteiger partial charge >= 0.3 is 0 Å². The number of aliphatic imine (C=N–C) groups is 1. The molecule has 1 atom stereocenters. The van der Waals surface area contributed by atoms with Crippen molar-refractivity contribution in [3.63, 3.8) is 0 Å². The quantitative estimate of drug-likeness (QED) is 0.754. The Morgan fingerprint density at radius 1 is 1.27 bits per heavy atom. The van der Waals surface area contributed by atoms with Crippen LogP contribution in [-0.4, -0.2) is 16.8 Å². The van der Waals surface area contributed by atoms with Gasteiger partial charge in [0.25, 0.3) is 0 Å². The van der Waals surface area contributed by atoms with Crippen molar-refractivity contribution in [2.75, 3.05) is 6.54 Å². The molecule has 3 rings (SSSR count). The SMILES string of the molecule is BrC1(C2=NC[C@@H](c3ccccc3)O2)CC1. The van der Waals surface area contributed by atoms with E-state index >= 15 is 0 Å². The standard InChI is InChI=1S/C12H12BrNO/c13-12(6-7-12)11-14-8-10(15-11)9-4-2-1-3-5-9/h1-5,10H,6-8H2/t10-/m0/s1. The summed E-state index contributed by atoms with van der Waals surface area (Å²) in [5.41, 5.74) is 1.22. The molecule has 1 aliphatic heterocycles. The van der Waals surface area contributed by atoms with Gasteiger partial charge in [-0.25, -0.2) is 0 Å². The molecule has 0 radical (unpaired) electrons. The largest absolute Gasteiger partial charge is 0.470 e. The molecule has 0 N–H and O–H groups in total. The molecule has 2 nitrogen and oxygen atoms in total. The van der Waals surface area contributed by atoms with Crippen LogP contribution in [0.4, 0.5) is 0 Å². The van der Waals surface area contributed by atoms with Crippen LogP contribution in [0.5, 0.6) is 0 Å². The van der Waals surface area contributed by atoms with Crippen LogP contribution < -0.4 is 0 Å². The van der Waals surface area contributed by atoms with E-state index < -0.39 is 0 Å². The van der Waals surface area contributed by atoms with E-state index in [9.17, 15) is 0 Å². The van der Waals surface area contributed by atoms with Gasteiger partial charge in [0.1, 0.15) is 10.4 Å². The number of ether oxygens (including phenoxy) is 1. The second-order valence-electron chi connectivity index (χ2n) is 4.13. The third-order valence-electron chi connectivity index (χ3n) is 2.90. The first kappa shape index (κ1) is 9.40. The lowest BCUT2D eigenvalue weighted by atomic mass is 10.1. The Bertz CT molecular complexity index is 397. The number of rotatable bonds is 2. The normalized spacial score (nSPS) is 27.0. The van der Waals surface area contributed by atoms with E-state index in [0.29, 0.717) is 0 Å². The van der Waals surface area contributed by atoms with E-state index in [-0.39, 0.29) is 10.4 Å². The molecule has 0 spiro atoms. The lowest BCUT2D eigenvalue weighted by molar-refractivity contribution is 0.224. The van der Waals surface area contributed by atoms with Crippen molar-refractivity contribution in [1.82, 2.24) is 0 Å². The Labute approximate surface area is 97.5 Å². The average molecular weight is 266 g/mol. The molecule has 0 saturated heterocycles. The predicted molar refractivity (Wildman–Crippen MR) is 63.5 cm³/mol. The summed E-state index contributed by atoms with van der Waals surface area (Å²) in [5, 5.41) is 0. The van der Waals surface area contributed by atoms with Crippen LogP contribution in [-0.2, 0) is 4.74 Å². The van der Waals surface area contributed by atoms with Gasteiger partial charge in [0.2, 0.25) is 5.90 Å². The first-order valence-electron chi connectivity index (χ1n) is 5.23. The minimum atomic E-state index is 0.0799. The minimum Gasteiger partial charge on any atom is -0.470 e. The molecule has 0 amide bonds. The van der Waals surface area contributed by atoms with E-state index in [1.165, 1.54) is 5.56 Å². The van der Waals surface area contributed by atoms with E-state index in [0.717, 1.165) is 25.3 Å². The first-order chi connectivity index (χ1) is 7.28. The maximum atomic E-state index is 5.88. The summed E-state index contributed by atoms with van der Waals surface area (Å²) in [6.45, 7) is 0.757. The van der Waals surface area contributed by atoms with Crippen molar-refractivity contribution in [3.05, 3.63) is 35.9 Å². The summed E-state index contributed by atoms with van der Waals surface area (Å²) < 4.78 is 5.96. The molecule has 2 aliphatic rings. The molecule has 1 heterocycles. The maximum absolute atomic E-state index is 5.88. The molecular weight excluding hydrogens is 254 g/mol. The fraction of sp³-hybridized carbons (Fsp3) is 0.417. The topological polar surface area (TPSA) is 21.6 Å². The Kier molecular flexibility index (Phi) is 2.09. The minimum absolute atomic E-state index is 0.0799. The molecule has 0 unspecified atom stereocenters. The van der Waals surface area contributed by atoms with Crippen molar-refractivity contribution in [2.45, 2.75) is 23.3 Å². The predicted octanol–water partition coefficient (Wildman–Crippen LogP) is 3.08. The van der Waals surface area contributed by atoms with Crippen molar-refractivity contribution in [2.24, 2.45) is 4.99 Å². The van der Waals surface area contributed by atoms with E-state index in [4.69, 9.17) is 4.74 Å². The van der Waals surface area contributed by atoms with Crippen LogP contribution in [0, 0.1) is 0 Å². The number of hydrogen-bond acceptors (Lipinski definition) is 2. The van der Waals surface area contributed by atoms with Crippen LogP contribution in [0.3, 0.4) is 0 Å². The Morgan fingerprint density at radius 3 is 2.67 bits per heavy atom. The van der Waals surface area contributed by atoms with Crippen LogP contribution in [0.15, 0.2) is 35.3 Å². The molecule has 1 aliphatic carbocycles. The molecule has 1 fully saturated rings. The second kappa shape index (κ2) is 3.34. The molecule has 0 bridgehead atoms. The zero-order chi connectivity index (χ0) is 10.3. The summed E-state index contributed by atoms with van der Waals surface area (Å²) in [7, 11) is 0. The molecule has 1 saturated carbocycles. The highest BCUT2D eigenvalue weighted by Crippen LogP contribution is 2.48. The number of nitrogens with zero attached hydrogens (tertiary/aromatic N) is 1. The molecular formula is C12H12BrNO. The van der Waals surface area contributed by atoms with Gasteiger partial charge in [-0.3, -0.25) is 4.99 Å². The lowest BCUT2D eigenvalue weighted by Gasteiger charge is -2.13. The Morgan fingerprint density at radius 2 is 2.00 bits per heavy atom. The van der Waals surface area contributed by atoms with Crippen LogP contribution >= 0.6 is 15.9 Å². The zero-order valence-electron chi connectivity index (χ0n) is 8.32. The molecule has 1 aromatic carbocycles. The van der Waals surface area contributed by atoms with Crippen molar-refractivity contribution >= 4 is 21.8 Å². The number of hydrogen-bond donors (Lipinski definition) is 0. The summed E-state index contributed by atoms with van der Waals surface area (Å²) in [6, 6.07) is 10.3. The molecule has 3 heteroatoms. The van der Waals surface area contributed by atoms with E-state index in [2.05, 4.69) is 33.1 Å². The lowest BCUT2D eigenvalue weighted by Crippen LogP contribution is -2.16. The van der Waals surface area contributed by atoms with Crippen LogP contribution in [0.25, 0.3) is 0 Å². The molecule has 78 valence electrons.